The van der Waals surface area contributed by atoms with E-state index in [0.717, 1.165) is 12.3 Å². The van der Waals surface area contributed by atoms with Crippen LogP contribution in [0.5, 0.6) is 5.88 Å². The first-order valence-electron chi connectivity index (χ1n) is 3.67. The number of aromatic nitrogens is 1. The molecule has 0 fully saturated rings. The molecule has 0 N–H and O–H groups in total. The lowest BCUT2D eigenvalue weighted by Gasteiger charge is -2.08. The number of nitriles is 1. The third-order valence-corrected chi connectivity index (χ3v) is 1.45. The minimum absolute atomic E-state index is 0.118. The molecule has 0 saturated heterocycles. The van der Waals surface area contributed by atoms with Crippen LogP contribution in [0.25, 0.3) is 0 Å². The molecule has 1 heterocycles. The van der Waals surface area contributed by atoms with E-state index in [1.807, 2.05) is 0 Å². The van der Waals surface area contributed by atoms with Crippen molar-refractivity contribution in [2.45, 2.75) is 13.0 Å². The molecule has 0 saturated carbocycles. The van der Waals surface area contributed by atoms with Crippen molar-refractivity contribution in [3.63, 3.8) is 0 Å². The number of halogens is 4. The predicted octanol–water partition coefficient (Wildman–Crippen LogP) is 2.32. The molecule has 0 aliphatic rings. The number of rotatable bonds is 2. The molecule has 1 rings (SSSR count). The lowest BCUT2D eigenvalue weighted by molar-refractivity contribution is -0.276. The summed E-state index contributed by atoms with van der Waals surface area (Å²) in [5.41, 5.74) is -0.307. The van der Waals surface area contributed by atoms with Crippen LogP contribution in [-0.4, -0.2) is 11.3 Å². The number of hydrogen-bond acceptors (Lipinski definition) is 3. The quantitative estimate of drug-likeness (QED) is 0.718. The Morgan fingerprint density at radius 1 is 1.47 bits per heavy atom. The molecule has 1 aromatic rings. The SMILES string of the molecule is N#Cc1cnc(OC(F)(F)F)cc1CF. The third kappa shape index (κ3) is 3.09. The number of nitrogens with zero attached hydrogens (tertiary/aromatic N) is 2. The maximum absolute atomic E-state index is 12.3. The molecule has 0 atom stereocenters. The van der Waals surface area contributed by atoms with Gasteiger partial charge < -0.3 is 4.74 Å². The van der Waals surface area contributed by atoms with E-state index < -0.39 is 18.9 Å². The highest BCUT2D eigenvalue weighted by atomic mass is 19.4. The third-order valence-electron chi connectivity index (χ3n) is 1.45. The van der Waals surface area contributed by atoms with Gasteiger partial charge in [-0.25, -0.2) is 9.37 Å². The van der Waals surface area contributed by atoms with E-state index in [1.165, 1.54) is 0 Å². The van der Waals surface area contributed by atoms with Gasteiger partial charge in [0.2, 0.25) is 5.88 Å². The largest absolute Gasteiger partial charge is 0.574 e. The van der Waals surface area contributed by atoms with Crippen LogP contribution < -0.4 is 4.74 Å². The van der Waals surface area contributed by atoms with Crippen molar-refractivity contribution in [3.8, 4) is 11.9 Å². The maximum Gasteiger partial charge on any atom is 0.574 e. The summed E-state index contributed by atoms with van der Waals surface area (Å²) in [6.07, 6.45) is -4.05. The average Bonchev–Trinajstić information content (AvgIpc) is 2.15. The van der Waals surface area contributed by atoms with Gasteiger partial charge in [0.25, 0.3) is 0 Å². The van der Waals surface area contributed by atoms with E-state index in [9.17, 15) is 17.6 Å². The topological polar surface area (TPSA) is 45.9 Å². The molecule has 0 aliphatic carbocycles. The molecule has 0 aromatic carbocycles. The molecule has 0 amide bonds. The molecule has 80 valence electrons. The average molecular weight is 220 g/mol. The fraction of sp³-hybridized carbons (Fsp3) is 0.250. The maximum atomic E-state index is 12.3. The highest BCUT2D eigenvalue weighted by Crippen LogP contribution is 2.22. The van der Waals surface area contributed by atoms with E-state index in [2.05, 4.69) is 9.72 Å². The molecule has 3 nitrogen and oxygen atoms in total. The molecule has 0 aliphatic heterocycles. The second-order valence-electron chi connectivity index (χ2n) is 2.47. The Hall–Kier alpha value is -1.84. The van der Waals surface area contributed by atoms with E-state index >= 15 is 0 Å². The second-order valence-corrected chi connectivity index (χ2v) is 2.47. The van der Waals surface area contributed by atoms with Crippen molar-refractivity contribution < 1.29 is 22.3 Å². The monoisotopic (exact) mass is 220 g/mol. The van der Waals surface area contributed by atoms with E-state index in [-0.39, 0.29) is 11.1 Å². The fourth-order valence-electron chi connectivity index (χ4n) is 0.861. The highest BCUT2D eigenvalue weighted by molar-refractivity contribution is 5.37. The van der Waals surface area contributed by atoms with Gasteiger partial charge in [-0.3, -0.25) is 0 Å². The van der Waals surface area contributed by atoms with Gasteiger partial charge >= 0.3 is 6.36 Å². The first-order valence-corrected chi connectivity index (χ1v) is 3.67. The number of pyridine rings is 1. The Morgan fingerprint density at radius 2 is 2.13 bits per heavy atom. The molecule has 0 bridgehead atoms. The van der Waals surface area contributed by atoms with E-state index in [4.69, 9.17) is 5.26 Å². The van der Waals surface area contributed by atoms with Gasteiger partial charge in [-0.05, 0) is 0 Å². The Bertz CT molecular complexity index is 397. The first-order chi connectivity index (χ1) is 6.96. The Morgan fingerprint density at radius 3 is 2.60 bits per heavy atom. The number of hydrogen-bond donors (Lipinski definition) is 0. The summed E-state index contributed by atoms with van der Waals surface area (Å²) >= 11 is 0. The van der Waals surface area contributed by atoms with Gasteiger partial charge in [0.1, 0.15) is 12.7 Å². The standard InChI is InChI=1S/C8H4F4N2O/c9-2-5-1-7(15-8(10,11)12)14-4-6(5)3-13/h1,4H,2H2. The van der Waals surface area contributed by atoms with Crippen LogP contribution in [0.4, 0.5) is 17.6 Å². The minimum Gasteiger partial charge on any atom is -0.388 e. The number of alkyl halides is 4. The summed E-state index contributed by atoms with van der Waals surface area (Å²) in [5.74, 6) is -0.783. The molecule has 15 heavy (non-hydrogen) atoms. The van der Waals surface area contributed by atoms with Gasteiger partial charge in [-0.2, -0.15) is 5.26 Å². The molecule has 0 spiro atoms. The lowest BCUT2D eigenvalue weighted by Crippen LogP contribution is -2.18. The molecular weight excluding hydrogens is 216 g/mol. The molecule has 1 aromatic heterocycles. The Labute approximate surface area is 81.9 Å². The van der Waals surface area contributed by atoms with Crippen LogP contribution in [-0.2, 0) is 6.67 Å². The minimum atomic E-state index is -4.88. The summed E-state index contributed by atoms with van der Waals surface area (Å²) in [7, 11) is 0. The normalized spacial score (nSPS) is 10.9. The van der Waals surface area contributed by atoms with Gasteiger partial charge in [0.15, 0.2) is 0 Å². The smallest absolute Gasteiger partial charge is 0.388 e. The van der Waals surface area contributed by atoms with E-state index in [0.29, 0.717) is 0 Å². The zero-order valence-electron chi connectivity index (χ0n) is 7.18. The molecule has 0 unspecified atom stereocenters. The summed E-state index contributed by atoms with van der Waals surface area (Å²) in [6, 6.07) is 2.34. The molecule has 0 radical (unpaired) electrons. The second kappa shape index (κ2) is 4.13. The van der Waals surface area contributed by atoms with Crippen molar-refractivity contribution in [2.75, 3.05) is 0 Å². The van der Waals surface area contributed by atoms with Crippen LogP contribution in [0.15, 0.2) is 12.3 Å². The van der Waals surface area contributed by atoms with Crippen molar-refractivity contribution in [3.05, 3.63) is 23.4 Å². The zero-order valence-corrected chi connectivity index (χ0v) is 7.18. The highest BCUT2D eigenvalue weighted by Gasteiger charge is 2.32. The van der Waals surface area contributed by atoms with Crippen molar-refractivity contribution in [1.29, 1.82) is 5.26 Å². The van der Waals surface area contributed by atoms with Gasteiger partial charge in [-0.15, -0.1) is 13.2 Å². The Kier molecular flexibility index (Phi) is 3.09. The molecule has 7 heteroatoms. The number of ether oxygens (including phenoxy) is 1. The van der Waals surface area contributed by atoms with Crippen molar-refractivity contribution in [1.82, 2.24) is 4.98 Å². The van der Waals surface area contributed by atoms with Crippen LogP contribution in [0.3, 0.4) is 0 Å². The summed E-state index contributed by atoms with van der Waals surface area (Å²) in [6.45, 7) is -1.06. The van der Waals surface area contributed by atoms with Crippen molar-refractivity contribution in [2.24, 2.45) is 0 Å². The van der Waals surface area contributed by atoms with Crippen LogP contribution in [0.2, 0.25) is 0 Å². The van der Waals surface area contributed by atoms with E-state index in [1.54, 1.807) is 6.07 Å². The summed E-state index contributed by atoms with van der Waals surface area (Å²) in [5, 5.41) is 8.45. The fourth-order valence-corrected chi connectivity index (χ4v) is 0.861. The van der Waals surface area contributed by atoms with Crippen LogP contribution >= 0.6 is 0 Å². The van der Waals surface area contributed by atoms with Gasteiger partial charge in [-0.1, -0.05) is 0 Å². The predicted molar refractivity (Wildman–Crippen MR) is 40.4 cm³/mol. The summed E-state index contributed by atoms with van der Waals surface area (Å²) < 4.78 is 50.9. The first kappa shape index (κ1) is 11.2. The van der Waals surface area contributed by atoms with Gasteiger partial charge in [0, 0.05) is 17.8 Å². The van der Waals surface area contributed by atoms with Gasteiger partial charge in [0.05, 0.1) is 5.56 Å². The zero-order chi connectivity index (χ0) is 11.5. The summed E-state index contributed by atoms with van der Waals surface area (Å²) in [4.78, 5) is 3.21. The lowest BCUT2D eigenvalue weighted by atomic mass is 10.2. The molecular formula is C8H4F4N2O. The van der Waals surface area contributed by atoms with Crippen LogP contribution in [0, 0.1) is 11.3 Å². The van der Waals surface area contributed by atoms with Crippen molar-refractivity contribution >= 4 is 0 Å². The Balaban J connectivity index is 3.00. The van der Waals surface area contributed by atoms with Crippen LogP contribution in [0.1, 0.15) is 11.1 Å².